The summed E-state index contributed by atoms with van der Waals surface area (Å²) in [5.41, 5.74) is 8.71. The Hall–Kier alpha value is -3.63. The molecule has 16 heteroatoms. The minimum absolute atomic E-state index is 0.148. The number of anilines is 2. The molecule has 0 spiro atoms. The van der Waals surface area contributed by atoms with Crippen LogP contribution >= 0.6 is 23.1 Å². The van der Waals surface area contributed by atoms with E-state index in [1.165, 1.54) is 29.2 Å². The molecular formula is C23H26N6O7S3. The number of nitrogens with zero attached hydrogens (tertiary/aromatic N) is 3. The molecule has 4 rings (SSSR count). The average molecular weight is 595 g/mol. The summed E-state index contributed by atoms with van der Waals surface area (Å²) in [7, 11) is -2.26. The molecule has 0 aliphatic carbocycles. The summed E-state index contributed by atoms with van der Waals surface area (Å²) in [4.78, 5) is 48.3. The number of nitrogen functional groups attached to an aromatic ring is 1. The zero-order valence-electron chi connectivity index (χ0n) is 21.3. The molecule has 2 aromatic rings. The van der Waals surface area contributed by atoms with Crippen LogP contribution in [0.25, 0.3) is 0 Å². The standard InChI is InChI=1S/C23H26N6O7S3/c1-10-5-11(2)14(28-39(4,34)35)7-12(10)6-13-8-37-21-17(20(31)29(21)18(13)22(32)33)26-19(30)16(27-36-3)15-9-38-23(24)25-15/h5,7,9,17,21,28H,6,8H2,1-4H3,(H2,24,25)(H,26,30)(H,32,33)/b27-16-/t17-,21-/m1/s1. The van der Waals surface area contributed by atoms with E-state index >= 15 is 0 Å². The predicted octanol–water partition coefficient (Wildman–Crippen LogP) is 1.05. The number of thioether (sulfide) groups is 1. The maximum absolute atomic E-state index is 13.1. The van der Waals surface area contributed by atoms with Gasteiger partial charge in [0.25, 0.3) is 11.8 Å². The van der Waals surface area contributed by atoms with Crippen LogP contribution in [-0.2, 0) is 35.7 Å². The van der Waals surface area contributed by atoms with Crippen molar-refractivity contribution in [2.24, 2.45) is 5.16 Å². The number of benzene rings is 1. The highest BCUT2D eigenvalue weighted by Gasteiger charge is 2.54. The van der Waals surface area contributed by atoms with Gasteiger partial charge < -0.3 is 21.0 Å². The normalized spacial score (nSPS) is 19.3. The highest BCUT2D eigenvalue weighted by atomic mass is 32.2. The molecule has 2 amide bonds. The number of rotatable bonds is 9. The van der Waals surface area contributed by atoms with Crippen molar-refractivity contribution >= 4 is 67.4 Å². The van der Waals surface area contributed by atoms with E-state index in [0.29, 0.717) is 11.3 Å². The summed E-state index contributed by atoms with van der Waals surface area (Å²) in [6, 6.07) is 2.51. The van der Waals surface area contributed by atoms with Crippen molar-refractivity contribution in [3.05, 3.63) is 51.2 Å². The first kappa shape index (κ1) is 28.4. The van der Waals surface area contributed by atoms with Gasteiger partial charge in [0.05, 0.1) is 11.9 Å². The van der Waals surface area contributed by atoms with Crippen LogP contribution in [0.15, 0.2) is 33.9 Å². The Balaban J connectivity index is 1.58. The maximum Gasteiger partial charge on any atom is 0.352 e. The molecule has 0 unspecified atom stereocenters. The van der Waals surface area contributed by atoms with Gasteiger partial charge >= 0.3 is 5.97 Å². The Morgan fingerprint density at radius 3 is 2.62 bits per heavy atom. The fraction of sp³-hybridized carbons (Fsp3) is 0.348. The summed E-state index contributed by atoms with van der Waals surface area (Å²) in [5, 5.41) is 17.5. The number of carbonyl (C=O) groups is 3. The van der Waals surface area contributed by atoms with Gasteiger partial charge in [-0.1, -0.05) is 11.2 Å². The summed E-state index contributed by atoms with van der Waals surface area (Å²) in [6.45, 7) is 3.62. The summed E-state index contributed by atoms with van der Waals surface area (Å²) in [5.74, 6) is -2.28. The molecular weight excluding hydrogens is 568 g/mol. The molecule has 1 aromatic heterocycles. The third-order valence-electron chi connectivity index (χ3n) is 6.08. The monoisotopic (exact) mass is 594 g/mol. The lowest BCUT2D eigenvalue weighted by molar-refractivity contribution is -0.150. The van der Waals surface area contributed by atoms with E-state index in [1.54, 1.807) is 13.0 Å². The second-order valence-electron chi connectivity index (χ2n) is 8.96. The number of oxime groups is 1. The van der Waals surface area contributed by atoms with Gasteiger partial charge in [0.1, 0.15) is 29.9 Å². The van der Waals surface area contributed by atoms with Crippen LogP contribution < -0.4 is 15.8 Å². The molecule has 1 fully saturated rings. The SMILES string of the molecule is CO/N=C(\C(=O)N[C@@H]1C(=O)N2C(C(=O)O)=C(Cc3cc(NS(C)(=O)=O)c(C)cc3C)CS[C@H]12)c1csc(N)n1. The second-order valence-corrected chi connectivity index (χ2v) is 12.7. The number of β-lactam (4-membered cyclic amide) rings is 1. The predicted molar refractivity (Wildman–Crippen MR) is 148 cm³/mol. The van der Waals surface area contributed by atoms with Crippen LogP contribution in [-0.4, -0.2) is 77.4 Å². The fourth-order valence-corrected chi connectivity index (χ4v) is 6.86. The van der Waals surface area contributed by atoms with Crippen LogP contribution in [0.2, 0.25) is 0 Å². The molecule has 39 heavy (non-hydrogen) atoms. The third-order valence-corrected chi connectivity index (χ3v) is 8.68. The number of amides is 2. The number of fused-ring (bicyclic) bond motifs is 1. The smallest absolute Gasteiger partial charge is 0.352 e. The number of nitrogens with one attached hydrogen (secondary N) is 2. The van der Waals surface area contributed by atoms with Crippen molar-refractivity contribution in [3.8, 4) is 0 Å². The van der Waals surface area contributed by atoms with Crippen molar-refractivity contribution in [2.45, 2.75) is 31.7 Å². The number of carboxylic acid groups (broad SMARTS) is 1. The Morgan fingerprint density at radius 1 is 1.31 bits per heavy atom. The number of carbonyl (C=O) groups excluding carboxylic acids is 2. The largest absolute Gasteiger partial charge is 0.477 e. The van der Waals surface area contributed by atoms with Gasteiger partial charge in [-0.05, 0) is 48.6 Å². The van der Waals surface area contributed by atoms with Crippen molar-refractivity contribution in [3.63, 3.8) is 0 Å². The lowest BCUT2D eigenvalue weighted by Gasteiger charge is -2.49. The van der Waals surface area contributed by atoms with Gasteiger partial charge in [-0.15, -0.1) is 23.1 Å². The van der Waals surface area contributed by atoms with Gasteiger partial charge in [-0.2, -0.15) is 0 Å². The van der Waals surface area contributed by atoms with E-state index in [-0.39, 0.29) is 34.4 Å². The molecule has 3 heterocycles. The van der Waals surface area contributed by atoms with Gasteiger partial charge in [0.2, 0.25) is 10.0 Å². The van der Waals surface area contributed by atoms with Gasteiger partial charge in [0.15, 0.2) is 10.8 Å². The molecule has 5 N–H and O–H groups in total. The van der Waals surface area contributed by atoms with Crippen LogP contribution in [0.1, 0.15) is 22.4 Å². The molecule has 0 bridgehead atoms. The third kappa shape index (κ3) is 5.86. The van der Waals surface area contributed by atoms with E-state index in [1.807, 2.05) is 13.0 Å². The lowest BCUT2D eigenvalue weighted by atomic mass is 9.95. The number of hydrogen-bond donors (Lipinski definition) is 4. The maximum atomic E-state index is 13.1. The highest BCUT2D eigenvalue weighted by Crippen LogP contribution is 2.41. The Bertz CT molecular complexity index is 1530. The summed E-state index contributed by atoms with van der Waals surface area (Å²) in [6.07, 6.45) is 1.25. The Labute approximate surface area is 232 Å². The number of nitrogens with two attached hydrogens (primary N) is 1. The Kier molecular flexibility index (Phi) is 7.90. The average Bonchev–Trinajstić information content (AvgIpc) is 3.28. The number of carboxylic acids is 1. The van der Waals surface area contributed by atoms with Crippen LogP contribution in [0.3, 0.4) is 0 Å². The minimum Gasteiger partial charge on any atom is -0.477 e. The fourth-order valence-electron chi connectivity index (χ4n) is 4.35. The summed E-state index contributed by atoms with van der Waals surface area (Å²) >= 11 is 2.43. The number of aryl methyl sites for hydroxylation is 2. The lowest BCUT2D eigenvalue weighted by Crippen LogP contribution is -2.71. The first-order valence-electron chi connectivity index (χ1n) is 11.4. The number of hydrogen-bond acceptors (Lipinski definition) is 11. The van der Waals surface area contributed by atoms with Gasteiger partial charge in [-0.3, -0.25) is 19.2 Å². The van der Waals surface area contributed by atoms with Crippen molar-refractivity contribution < 1.29 is 32.7 Å². The van der Waals surface area contributed by atoms with E-state index in [4.69, 9.17) is 10.6 Å². The number of thiazole rings is 1. The van der Waals surface area contributed by atoms with Crippen LogP contribution in [0, 0.1) is 13.8 Å². The quantitative estimate of drug-likeness (QED) is 0.185. The Morgan fingerprint density at radius 2 is 2.03 bits per heavy atom. The van der Waals surface area contributed by atoms with E-state index < -0.39 is 39.2 Å². The molecule has 13 nitrogen and oxygen atoms in total. The van der Waals surface area contributed by atoms with Crippen molar-refractivity contribution in [1.29, 1.82) is 0 Å². The topological polar surface area (TPSA) is 193 Å². The number of aromatic nitrogens is 1. The zero-order chi connectivity index (χ0) is 28.6. The molecule has 1 aromatic carbocycles. The molecule has 2 aliphatic heterocycles. The molecule has 0 radical (unpaired) electrons. The first-order valence-corrected chi connectivity index (χ1v) is 15.2. The van der Waals surface area contributed by atoms with Crippen LogP contribution in [0.4, 0.5) is 10.8 Å². The number of aliphatic carboxylic acids is 1. The first-order chi connectivity index (χ1) is 18.3. The van der Waals surface area contributed by atoms with E-state index in [2.05, 4.69) is 20.2 Å². The highest BCUT2D eigenvalue weighted by molar-refractivity contribution is 8.00. The molecule has 1 saturated heterocycles. The van der Waals surface area contributed by atoms with Crippen molar-refractivity contribution in [2.75, 3.05) is 29.6 Å². The molecule has 0 saturated carbocycles. The molecule has 208 valence electrons. The zero-order valence-corrected chi connectivity index (χ0v) is 23.8. The van der Waals surface area contributed by atoms with Crippen LogP contribution in [0.5, 0.6) is 0 Å². The van der Waals surface area contributed by atoms with E-state index in [9.17, 15) is 27.9 Å². The molecule has 2 aliphatic rings. The van der Waals surface area contributed by atoms with Gasteiger partial charge in [0, 0.05) is 11.1 Å². The molecule has 2 atom stereocenters. The van der Waals surface area contributed by atoms with Crippen molar-refractivity contribution in [1.82, 2.24) is 15.2 Å². The minimum atomic E-state index is -3.52. The summed E-state index contributed by atoms with van der Waals surface area (Å²) < 4.78 is 26.0. The number of sulfonamides is 1. The second kappa shape index (κ2) is 10.9. The van der Waals surface area contributed by atoms with E-state index in [0.717, 1.165) is 34.3 Å². The van der Waals surface area contributed by atoms with Gasteiger partial charge in [-0.25, -0.2) is 18.2 Å².